The number of phenols is 1. The molecule has 1 aromatic heterocycles. The molecular formula is C10H9NO2. The Morgan fingerprint density at radius 3 is 2.77 bits per heavy atom. The van der Waals surface area contributed by atoms with Gasteiger partial charge in [-0.15, -0.1) is 0 Å². The van der Waals surface area contributed by atoms with E-state index in [2.05, 4.69) is 5.16 Å². The summed E-state index contributed by atoms with van der Waals surface area (Å²) in [6.45, 7) is 1.84. The van der Waals surface area contributed by atoms with Crippen LogP contribution in [0.3, 0.4) is 0 Å². The van der Waals surface area contributed by atoms with Crippen molar-refractivity contribution in [2.75, 3.05) is 0 Å². The molecule has 66 valence electrons. The summed E-state index contributed by atoms with van der Waals surface area (Å²) >= 11 is 0. The molecule has 0 saturated heterocycles. The van der Waals surface area contributed by atoms with Crippen LogP contribution in [0.25, 0.3) is 11.3 Å². The smallest absolute Gasteiger partial charge is 0.166 e. The number of benzene rings is 1. The van der Waals surface area contributed by atoms with E-state index in [1.165, 1.54) is 0 Å². The molecule has 1 N–H and O–H groups in total. The number of hydrogen-bond donors (Lipinski definition) is 1. The van der Waals surface area contributed by atoms with E-state index in [1.54, 1.807) is 24.4 Å². The van der Waals surface area contributed by atoms with Crippen molar-refractivity contribution in [1.82, 2.24) is 5.16 Å². The Kier molecular flexibility index (Phi) is 1.77. The largest absolute Gasteiger partial charge is 0.508 e. The van der Waals surface area contributed by atoms with Crippen molar-refractivity contribution >= 4 is 0 Å². The van der Waals surface area contributed by atoms with Crippen LogP contribution < -0.4 is 0 Å². The van der Waals surface area contributed by atoms with Gasteiger partial charge in [-0.2, -0.15) is 0 Å². The molecule has 2 rings (SSSR count). The van der Waals surface area contributed by atoms with E-state index in [9.17, 15) is 5.11 Å². The summed E-state index contributed by atoms with van der Waals surface area (Å²) in [7, 11) is 0. The highest BCUT2D eigenvalue weighted by Crippen LogP contribution is 2.24. The van der Waals surface area contributed by atoms with Crippen LogP contribution in [0.4, 0.5) is 0 Å². The van der Waals surface area contributed by atoms with Gasteiger partial charge in [0.05, 0.1) is 6.20 Å². The maximum Gasteiger partial charge on any atom is 0.166 e. The molecule has 0 amide bonds. The third-order valence-corrected chi connectivity index (χ3v) is 1.92. The van der Waals surface area contributed by atoms with E-state index in [4.69, 9.17) is 4.52 Å². The molecular weight excluding hydrogens is 166 g/mol. The minimum atomic E-state index is 0.295. The predicted molar refractivity (Wildman–Crippen MR) is 48.3 cm³/mol. The number of phenolic OH excluding ortho intramolecular Hbond substituents is 1. The molecule has 0 bridgehead atoms. The predicted octanol–water partition coefficient (Wildman–Crippen LogP) is 2.36. The SMILES string of the molecule is Cc1cc(-c2ccno2)ccc1O. The molecule has 3 nitrogen and oxygen atoms in total. The fraction of sp³-hybridized carbons (Fsp3) is 0.100. The summed E-state index contributed by atoms with van der Waals surface area (Å²) in [4.78, 5) is 0. The van der Waals surface area contributed by atoms with Gasteiger partial charge in [0.15, 0.2) is 5.76 Å². The summed E-state index contributed by atoms with van der Waals surface area (Å²) < 4.78 is 4.98. The van der Waals surface area contributed by atoms with Crippen LogP contribution in [0.1, 0.15) is 5.56 Å². The van der Waals surface area contributed by atoms with Crippen molar-refractivity contribution in [2.45, 2.75) is 6.92 Å². The van der Waals surface area contributed by atoms with Gasteiger partial charge in [-0.3, -0.25) is 0 Å². The van der Waals surface area contributed by atoms with Crippen LogP contribution in [-0.2, 0) is 0 Å². The third-order valence-electron chi connectivity index (χ3n) is 1.92. The van der Waals surface area contributed by atoms with Gasteiger partial charge in [0, 0.05) is 11.6 Å². The molecule has 0 aliphatic heterocycles. The number of rotatable bonds is 1. The lowest BCUT2D eigenvalue weighted by Crippen LogP contribution is -1.77. The summed E-state index contributed by atoms with van der Waals surface area (Å²) in [5, 5.41) is 12.9. The molecule has 1 heterocycles. The molecule has 0 radical (unpaired) electrons. The number of aromatic nitrogens is 1. The standard InChI is InChI=1S/C10H9NO2/c1-7-6-8(2-3-9(7)12)10-4-5-11-13-10/h2-6,12H,1H3. The zero-order valence-electron chi connectivity index (χ0n) is 7.19. The van der Waals surface area contributed by atoms with E-state index in [0.717, 1.165) is 11.1 Å². The average Bonchev–Trinajstić information content (AvgIpc) is 2.62. The Labute approximate surface area is 75.6 Å². The average molecular weight is 175 g/mol. The summed E-state index contributed by atoms with van der Waals surface area (Å²) in [5.74, 6) is 1.01. The van der Waals surface area contributed by atoms with Crippen molar-refractivity contribution in [2.24, 2.45) is 0 Å². The number of hydrogen-bond acceptors (Lipinski definition) is 3. The Hall–Kier alpha value is -1.77. The topological polar surface area (TPSA) is 46.3 Å². The molecule has 1 aromatic carbocycles. The first kappa shape index (κ1) is 7.86. The Balaban J connectivity index is 2.49. The van der Waals surface area contributed by atoms with Crippen LogP contribution in [0.15, 0.2) is 35.0 Å². The minimum absolute atomic E-state index is 0.295. The molecule has 13 heavy (non-hydrogen) atoms. The van der Waals surface area contributed by atoms with E-state index in [-0.39, 0.29) is 0 Å². The monoisotopic (exact) mass is 175 g/mol. The first-order valence-corrected chi connectivity index (χ1v) is 3.98. The van der Waals surface area contributed by atoms with Gasteiger partial charge in [0.2, 0.25) is 0 Å². The lowest BCUT2D eigenvalue weighted by Gasteiger charge is -1.99. The van der Waals surface area contributed by atoms with Crippen molar-refractivity contribution in [3.63, 3.8) is 0 Å². The van der Waals surface area contributed by atoms with Crippen LogP contribution in [0.2, 0.25) is 0 Å². The van der Waals surface area contributed by atoms with Gasteiger partial charge in [0.1, 0.15) is 5.75 Å². The zero-order chi connectivity index (χ0) is 9.26. The number of aryl methyl sites for hydroxylation is 1. The fourth-order valence-electron chi connectivity index (χ4n) is 1.17. The van der Waals surface area contributed by atoms with Gasteiger partial charge in [0.25, 0.3) is 0 Å². The highest BCUT2D eigenvalue weighted by atomic mass is 16.5. The van der Waals surface area contributed by atoms with Gasteiger partial charge < -0.3 is 9.63 Å². The van der Waals surface area contributed by atoms with Gasteiger partial charge in [-0.1, -0.05) is 5.16 Å². The molecule has 3 heteroatoms. The first-order chi connectivity index (χ1) is 6.27. The zero-order valence-corrected chi connectivity index (χ0v) is 7.19. The second-order valence-electron chi connectivity index (χ2n) is 2.88. The normalized spacial score (nSPS) is 10.2. The van der Waals surface area contributed by atoms with Crippen molar-refractivity contribution in [3.05, 3.63) is 36.0 Å². The molecule has 0 aliphatic carbocycles. The Morgan fingerprint density at radius 1 is 1.31 bits per heavy atom. The van der Waals surface area contributed by atoms with Crippen molar-refractivity contribution in [1.29, 1.82) is 0 Å². The van der Waals surface area contributed by atoms with E-state index < -0.39 is 0 Å². The Bertz CT molecular complexity index is 407. The number of aromatic hydroxyl groups is 1. The molecule has 0 fully saturated rings. The van der Waals surface area contributed by atoms with Crippen LogP contribution in [0.5, 0.6) is 5.75 Å². The maximum atomic E-state index is 9.29. The minimum Gasteiger partial charge on any atom is -0.508 e. The fourth-order valence-corrected chi connectivity index (χ4v) is 1.17. The molecule has 0 atom stereocenters. The molecule has 0 saturated carbocycles. The van der Waals surface area contributed by atoms with E-state index in [0.29, 0.717) is 11.5 Å². The van der Waals surface area contributed by atoms with E-state index >= 15 is 0 Å². The summed E-state index contributed by atoms with van der Waals surface area (Å²) in [6, 6.07) is 7.08. The van der Waals surface area contributed by atoms with Gasteiger partial charge >= 0.3 is 0 Å². The van der Waals surface area contributed by atoms with Gasteiger partial charge in [-0.25, -0.2) is 0 Å². The third kappa shape index (κ3) is 1.40. The quantitative estimate of drug-likeness (QED) is 0.723. The molecule has 0 unspecified atom stereocenters. The highest BCUT2D eigenvalue weighted by molar-refractivity contribution is 5.59. The second-order valence-corrected chi connectivity index (χ2v) is 2.88. The summed E-state index contributed by atoms with van der Waals surface area (Å²) in [5.41, 5.74) is 1.75. The summed E-state index contributed by atoms with van der Waals surface area (Å²) in [6.07, 6.45) is 1.59. The van der Waals surface area contributed by atoms with Crippen LogP contribution >= 0.6 is 0 Å². The lowest BCUT2D eigenvalue weighted by molar-refractivity contribution is 0.432. The van der Waals surface area contributed by atoms with Crippen molar-refractivity contribution in [3.8, 4) is 17.1 Å². The van der Waals surface area contributed by atoms with Gasteiger partial charge in [-0.05, 0) is 30.7 Å². The second kappa shape index (κ2) is 2.94. The van der Waals surface area contributed by atoms with Crippen LogP contribution in [0, 0.1) is 6.92 Å². The van der Waals surface area contributed by atoms with E-state index in [1.807, 2.05) is 13.0 Å². The highest BCUT2D eigenvalue weighted by Gasteiger charge is 2.03. The molecule has 0 aliphatic rings. The lowest BCUT2D eigenvalue weighted by atomic mass is 10.1. The first-order valence-electron chi connectivity index (χ1n) is 3.98. The maximum absolute atomic E-state index is 9.29. The molecule has 0 spiro atoms. The Morgan fingerprint density at radius 2 is 2.15 bits per heavy atom. The molecule has 2 aromatic rings. The number of nitrogens with zero attached hydrogens (tertiary/aromatic N) is 1. The van der Waals surface area contributed by atoms with Crippen molar-refractivity contribution < 1.29 is 9.63 Å². The van der Waals surface area contributed by atoms with Crippen LogP contribution in [-0.4, -0.2) is 10.3 Å².